The first kappa shape index (κ1) is 16.6. The van der Waals surface area contributed by atoms with E-state index in [1.54, 1.807) is 0 Å². The number of aliphatic hydroxyl groups is 3. The topological polar surface area (TPSA) is 99.0 Å². The molecule has 1 saturated heterocycles. The minimum atomic E-state index is -1.99. The molecule has 4 atom stereocenters. The van der Waals surface area contributed by atoms with E-state index >= 15 is 0 Å². The Hall–Kier alpha value is -0.473. The quantitative estimate of drug-likeness (QED) is 0.530. The highest BCUT2D eigenvalue weighted by Gasteiger charge is 2.43. The molecule has 0 aromatic carbocycles. The van der Waals surface area contributed by atoms with Gasteiger partial charge in [0.15, 0.2) is 14.4 Å². The van der Waals surface area contributed by atoms with Crippen LogP contribution in [0.5, 0.6) is 0 Å². The third-order valence-electron chi connectivity index (χ3n) is 4.11. The molecule has 0 spiro atoms. The van der Waals surface area contributed by atoms with E-state index in [4.69, 9.17) is 4.43 Å². The van der Waals surface area contributed by atoms with Crippen LogP contribution in [0.15, 0.2) is 0 Å². The third kappa shape index (κ3) is 3.54. The highest BCUT2D eigenvalue weighted by molar-refractivity contribution is 6.74. The highest BCUT2D eigenvalue weighted by Crippen LogP contribution is 2.36. The van der Waals surface area contributed by atoms with Crippen molar-refractivity contribution in [2.24, 2.45) is 0 Å². The standard InChI is InChI=1S/C12H25NO5Si/c1-12(2,3)19(4,5)18-6-7-8(14)9(15)10(16)11(17)13-7/h7-10,14-16H,6H2,1-5H3,(H,13,17)/t7-,8-,9+,10+/m1/s1. The number of hydrogen-bond acceptors (Lipinski definition) is 5. The maximum absolute atomic E-state index is 11.4. The molecule has 0 saturated carbocycles. The molecule has 1 heterocycles. The number of hydrogen-bond donors (Lipinski definition) is 4. The van der Waals surface area contributed by atoms with Gasteiger partial charge in [-0.2, -0.15) is 0 Å². The fourth-order valence-electron chi connectivity index (χ4n) is 1.59. The Kier molecular flexibility index (Phi) is 4.79. The molecule has 1 aliphatic heterocycles. The van der Waals surface area contributed by atoms with E-state index in [-0.39, 0.29) is 11.6 Å². The molecule has 112 valence electrons. The lowest BCUT2D eigenvalue weighted by molar-refractivity contribution is -0.155. The fourth-order valence-corrected chi connectivity index (χ4v) is 2.62. The van der Waals surface area contributed by atoms with Crippen LogP contribution in [0.25, 0.3) is 0 Å². The molecule has 1 aliphatic rings. The van der Waals surface area contributed by atoms with E-state index in [0.717, 1.165) is 0 Å². The van der Waals surface area contributed by atoms with Crippen LogP contribution >= 0.6 is 0 Å². The smallest absolute Gasteiger partial charge is 0.252 e. The molecule has 1 amide bonds. The summed E-state index contributed by atoms with van der Waals surface area (Å²) in [7, 11) is -1.99. The van der Waals surface area contributed by atoms with Gasteiger partial charge in [0.25, 0.3) is 5.91 Å². The van der Waals surface area contributed by atoms with Gasteiger partial charge < -0.3 is 25.1 Å². The molecule has 0 unspecified atom stereocenters. The van der Waals surface area contributed by atoms with Gasteiger partial charge in [0.2, 0.25) is 0 Å². The van der Waals surface area contributed by atoms with Crippen molar-refractivity contribution in [2.45, 2.75) is 63.3 Å². The van der Waals surface area contributed by atoms with Crippen LogP contribution in [0.1, 0.15) is 20.8 Å². The van der Waals surface area contributed by atoms with Crippen molar-refractivity contribution in [1.29, 1.82) is 0 Å². The number of rotatable bonds is 3. The second kappa shape index (κ2) is 5.49. The molecule has 7 heteroatoms. The number of carbonyl (C=O) groups is 1. The minimum absolute atomic E-state index is 0.0226. The maximum Gasteiger partial charge on any atom is 0.252 e. The molecular formula is C12H25NO5Si. The molecule has 1 fully saturated rings. The van der Waals surface area contributed by atoms with E-state index in [2.05, 4.69) is 39.2 Å². The normalized spacial score (nSPS) is 33.2. The molecular weight excluding hydrogens is 266 g/mol. The van der Waals surface area contributed by atoms with Gasteiger partial charge in [-0.05, 0) is 18.1 Å². The lowest BCUT2D eigenvalue weighted by Gasteiger charge is -2.40. The van der Waals surface area contributed by atoms with E-state index in [0.29, 0.717) is 0 Å². The molecule has 4 N–H and O–H groups in total. The van der Waals surface area contributed by atoms with Crippen molar-refractivity contribution in [3.63, 3.8) is 0 Å². The molecule has 0 aromatic rings. The summed E-state index contributed by atoms with van der Waals surface area (Å²) < 4.78 is 5.91. The van der Waals surface area contributed by atoms with Crippen molar-refractivity contribution >= 4 is 14.2 Å². The largest absolute Gasteiger partial charge is 0.415 e. The summed E-state index contributed by atoms with van der Waals surface area (Å²) in [6.07, 6.45) is -4.28. The van der Waals surface area contributed by atoms with Gasteiger partial charge in [-0.3, -0.25) is 4.79 Å². The molecule has 19 heavy (non-hydrogen) atoms. The first-order valence-corrected chi connectivity index (χ1v) is 9.37. The molecule has 0 radical (unpaired) electrons. The second-order valence-electron chi connectivity index (χ2n) is 6.61. The molecule has 0 aromatic heterocycles. The highest BCUT2D eigenvalue weighted by atomic mass is 28.4. The van der Waals surface area contributed by atoms with E-state index in [1.807, 2.05) is 0 Å². The van der Waals surface area contributed by atoms with Crippen LogP contribution in [0, 0.1) is 0 Å². The van der Waals surface area contributed by atoms with E-state index in [1.165, 1.54) is 0 Å². The Labute approximate surface area is 114 Å². The van der Waals surface area contributed by atoms with E-state index in [9.17, 15) is 20.1 Å². The average Bonchev–Trinajstić information content (AvgIpc) is 2.28. The summed E-state index contributed by atoms with van der Waals surface area (Å²) in [6, 6.07) is -0.694. The van der Waals surface area contributed by atoms with Crippen molar-refractivity contribution in [3.05, 3.63) is 0 Å². The Balaban J connectivity index is 2.66. The summed E-state index contributed by atoms with van der Waals surface area (Å²) in [6.45, 7) is 10.5. The summed E-state index contributed by atoms with van der Waals surface area (Å²) in [5.74, 6) is -0.679. The summed E-state index contributed by atoms with van der Waals surface area (Å²) in [4.78, 5) is 11.4. The Morgan fingerprint density at radius 2 is 1.74 bits per heavy atom. The first-order valence-electron chi connectivity index (χ1n) is 6.46. The Morgan fingerprint density at radius 3 is 2.21 bits per heavy atom. The summed E-state index contributed by atoms with van der Waals surface area (Å²) in [5, 5.41) is 31.2. The lowest BCUT2D eigenvalue weighted by Crippen LogP contribution is -2.64. The third-order valence-corrected chi connectivity index (χ3v) is 8.61. The molecule has 6 nitrogen and oxygen atoms in total. The molecule has 0 aliphatic carbocycles. The lowest BCUT2D eigenvalue weighted by atomic mass is 9.96. The van der Waals surface area contributed by atoms with Gasteiger partial charge in [-0.25, -0.2) is 0 Å². The Morgan fingerprint density at radius 1 is 1.21 bits per heavy atom. The zero-order valence-electron chi connectivity index (χ0n) is 12.2. The van der Waals surface area contributed by atoms with Crippen LogP contribution < -0.4 is 5.32 Å². The number of carbonyl (C=O) groups excluding carboxylic acids is 1. The van der Waals surface area contributed by atoms with Crippen LogP contribution in [-0.2, 0) is 9.22 Å². The van der Waals surface area contributed by atoms with Crippen LogP contribution in [0.2, 0.25) is 18.1 Å². The molecule has 0 bridgehead atoms. The summed E-state index contributed by atoms with van der Waals surface area (Å²) >= 11 is 0. The van der Waals surface area contributed by atoms with Gasteiger partial charge in [0.05, 0.1) is 12.6 Å². The Bertz CT molecular complexity index is 342. The first-order chi connectivity index (χ1) is 8.47. The SMILES string of the molecule is CC(C)(C)[Si](C)(C)OC[C@H]1NC(=O)[C@@H](O)[C@@H](O)[C@@H]1O. The monoisotopic (exact) mass is 291 g/mol. The zero-order chi connectivity index (χ0) is 15.0. The van der Waals surface area contributed by atoms with Crippen LogP contribution in [0.4, 0.5) is 0 Å². The predicted octanol–water partition coefficient (Wildman–Crippen LogP) is -0.411. The van der Waals surface area contributed by atoms with Crippen molar-refractivity contribution < 1.29 is 24.5 Å². The second-order valence-corrected chi connectivity index (χ2v) is 11.4. The number of amides is 1. The van der Waals surface area contributed by atoms with Gasteiger partial charge in [0.1, 0.15) is 12.2 Å². The van der Waals surface area contributed by atoms with Gasteiger partial charge in [-0.15, -0.1) is 0 Å². The van der Waals surface area contributed by atoms with Crippen molar-refractivity contribution in [2.75, 3.05) is 6.61 Å². The van der Waals surface area contributed by atoms with Crippen LogP contribution in [0.3, 0.4) is 0 Å². The fraction of sp³-hybridized carbons (Fsp3) is 0.917. The van der Waals surface area contributed by atoms with E-state index < -0.39 is 38.6 Å². The number of nitrogens with one attached hydrogen (secondary N) is 1. The molecule has 1 rings (SSSR count). The van der Waals surface area contributed by atoms with Gasteiger partial charge in [0, 0.05) is 0 Å². The average molecular weight is 291 g/mol. The summed E-state index contributed by atoms with van der Waals surface area (Å²) in [5.41, 5.74) is 0. The maximum atomic E-state index is 11.4. The zero-order valence-corrected chi connectivity index (χ0v) is 13.2. The van der Waals surface area contributed by atoms with Gasteiger partial charge >= 0.3 is 0 Å². The predicted molar refractivity (Wildman–Crippen MR) is 73.1 cm³/mol. The van der Waals surface area contributed by atoms with Crippen molar-refractivity contribution in [1.82, 2.24) is 5.32 Å². The minimum Gasteiger partial charge on any atom is -0.415 e. The van der Waals surface area contributed by atoms with Gasteiger partial charge in [-0.1, -0.05) is 20.8 Å². The number of aliphatic hydroxyl groups excluding tert-OH is 3. The van der Waals surface area contributed by atoms with Crippen LogP contribution in [-0.4, -0.2) is 60.5 Å². The van der Waals surface area contributed by atoms with Crippen molar-refractivity contribution in [3.8, 4) is 0 Å². The number of piperidine rings is 1.